The lowest BCUT2D eigenvalue weighted by Crippen LogP contribution is -2.27. The molecule has 0 bridgehead atoms. The van der Waals surface area contributed by atoms with Crippen molar-refractivity contribution in [3.63, 3.8) is 0 Å². The van der Waals surface area contributed by atoms with Crippen LogP contribution in [0.5, 0.6) is 0 Å². The molecule has 1 aromatic carbocycles. The Balaban J connectivity index is 1.47. The van der Waals surface area contributed by atoms with Gasteiger partial charge < -0.3 is 15.2 Å². The van der Waals surface area contributed by atoms with Gasteiger partial charge in [-0.3, -0.25) is 4.79 Å². The number of likely N-dealkylation sites (tertiary alicyclic amines) is 1. The molecular formula is C16H16N6O. The third-order valence-corrected chi connectivity index (χ3v) is 3.99. The number of amides is 1. The van der Waals surface area contributed by atoms with E-state index < -0.39 is 0 Å². The number of rotatable bonds is 4. The standard InChI is InChI=1S/C16H16N6O/c23-13-6-12(8-22(13)7-11-4-2-1-3-5-11)21-16-14-15(18-9-17-14)19-10-20-16/h1-5,9-10,12H,6-8H2,(H2,17,18,19,20,21)/t12-/m0/s1. The molecule has 7 nitrogen and oxygen atoms in total. The number of aromatic amines is 1. The highest BCUT2D eigenvalue weighted by atomic mass is 16.2. The van der Waals surface area contributed by atoms with Gasteiger partial charge in [-0.25, -0.2) is 15.0 Å². The third-order valence-electron chi connectivity index (χ3n) is 3.99. The molecule has 0 aliphatic carbocycles. The van der Waals surface area contributed by atoms with E-state index in [0.29, 0.717) is 31.0 Å². The second kappa shape index (κ2) is 5.68. The number of H-pyrrole nitrogens is 1. The van der Waals surface area contributed by atoms with E-state index in [9.17, 15) is 4.79 Å². The van der Waals surface area contributed by atoms with E-state index in [1.165, 1.54) is 6.33 Å². The van der Waals surface area contributed by atoms with E-state index in [-0.39, 0.29) is 11.9 Å². The average molecular weight is 308 g/mol. The largest absolute Gasteiger partial charge is 0.363 e. The average Bonchev–Trinajstić information content (AvgIpc) is 3.16. The molecule has 0 saturated carbocycles. The molecular weight excluding hydrogens is 292 g/mol. The molecule has 116 valence electrons. The first kappa shape index (κ1) is 13.7. The maximum atomic E-state index is 12.2. The summed E-state index contributed by atoms with van der Waals surface area (Å²) in [6.07, 6.45) is 3.53. The number of hydrogen-bond acceptors (Lipinski definition) is 5. The van der Waals surface area contributed by atoms with Crippen LogP contribution >= 0.6 is 0 Å². The molecule has 23 heavy (non-hydrogen) atoms. The summed E-state index contributed by atoms with van der Waals surface area (Å²) in [5.41, 5.74) is 2.52. The van der Waals surface area contributed by atoms with Gasteiger partial charge in [0, 0.05) is 19.5 Å². The van der Waals surface area contributed by atoms with Crippen LogP contribution in [0.15, 0.2) is 43.0 Å². The summed E-state index contributed by atoms with van der Waals surface area (Å²) in [5.74, 6) is 0.841. The van der Waals surface area contributed by atoms with Crippen LogP contribution in [-0.4, -0.2) is 43.3 Å². The topological polar surface area (TPSA) is 86.8 Å². The van der Waals surface area contributed by atoms with Gasteiger partial charge in [0.2, 0.25) is 5.91 Å². The highest BCUT2D eigenvalue weighted by Gasteiger charge is 2.30. The molecule has 1 atom stereocenters. The van der Waals surface area contributed by atoms with Crippen LogP contribution in [0.4, 0.5) is 5.82 Å². The zero-order chi connectivity index (χ0) is 15.6. The molecule has 3 heterocycles. The minimum atomic E-state index is 0.0348. The fourth-order valence-corrected chi connectivity index (χ4v) is 2.89. The van der Waals surface area contributed by atoms with Crippen LogP contribution in [0.2, 0.25) is 0 Å². The molecule has 2 aromatic heterocycles. The fraction of sp³-hybridized carbons (Fsp3) is 0.250. The van der Waals surface area contributed by atoms with Gasteiger partial charge in [-0.1, -0.05) is 30.3 Å². The summed E-state index contributed by atoms with van der Waals surface area (Å²) >= 11 is 0. The first-order valence-corrected chi connectivity index (χ1v) is 7.52. The van der Waals surface area contributed by atoms with Crippen molar-refractivity contribution in [1.29, 1.82) is 0 Å². The van der Waals surface area contributed by atoms with E-state index in [2.05, 4.69) is 25.3 Å². The predicted molar refractivity (Wildman–Crippen MR) is 85.6 cm³/mol. The Morgan fingerprint density at radius 1 is 1.22 bits per heavy atom. The molecule has 3 aromatic rings. The number of carbonyl (C=O) groups is 1. The molecule has 7 heteroatoms. The van der Waals surface area contributed by atoms with Gasteiger partial charge in [-0.05, 0) is 5.56 Å². The monoisotopic (exact) mass is 308 g/mol. The molecule has 1 aliphatic heterocycles. The zero-order valence-electron chi connectivity index (χ0n) is 12.4. The molecule has 1 aliphatic rings. The fourth-order valence-electron chi connectivity index (χ4n) is 2.89. The lowest BCUT2D eigenvalue weighted by atomic mass is 10.2. The molecule has 0 spiro atoms. The van der Waals surface area contributed by atoms with Crippen LogP contribution in [0.3, 0.4) is 0 Å². The number of aromatic nitrogens is 4. The normalized spacial score (nSPS) is 17.8. The second-order valence-electron chi connectivity index (χ2n) is 5.63. The van der Waals surface area contributed by atoms with Crippen molar-refractivity contribution >= 4 is 22.9 Å². The summed E-state index contributed by atoms with van der Waals surface area (Å²) in [5, 5.41) is 3.33. The van der Waals surface area contributed by atoms with Crippen molar-refractivity contribution in [1.82, 2.24) is 24.8 Å². The number of fused-ring (bicyclic) bond motifs is 1. The minimum absolute atomic E-state index is 0.0348. The zero-order valence-corrected chi connectivity index (χ0v) is 12.4. The Bertz CT molecular complexity index is 831. The lowest BCUT2D eigenvalue weighted by molar-refractivity contribution is -0.128. The number of hydrogen-bond donors (Lipinski definition) is 2. The van der Waals surface area contributed by atoms with Crippen LogP contribution < -0.4 is 5.32 Å². The Morgan fingerprint density at radius 2 is 2.09 bits per heavy atom. The van der Waals surface area contributed by atoms with Crippen molar-refractivity contribution in [3.05, 3.63) is 48.5 Å². The van der Waals surface area contributed by atoms with E-state index >= 15 is 0 Å². The van der Waals surface area contributed by atoms with E-state index in [0.717, 1.165) is 11.1 Å². The summed E-state index contributed by atoms with van der Waals surface area (Å²) < 4.78 is 0. The highest BCUT2D eigenvalue weighted by Crippen LogP contribution is 2.21. The summed E-state index contributed by atoms with van der Waals surface area (Å²) in [6, 6.07) is 10.1. The third kappa shape index (κ3) is 2.73. The maximum Gasteiger partial charge on any atom is 0.225 e. The lowest BCUT2D eigenvalue weighted by Gasteiger charge is -2.17. The molecule has 0 radical (unpaired) electrons. The summed E-state index contributed by atoms with van der Waals surface area (Å²) in [4.78, 5) is 29.6. The van der Waals surface area contributed by atoms with Crippen molar-refractivity contribution in [2.75, 3.05) is 11.9 Å². The van der Waals surface area contributed by atoms with Crippen molar-refractivity contribution in [2.24, 2.45) is 0 Å². The van der Waals surface area contributed by atoms with Gasteiger partial charge in [0.15, 0.2) is 11.5 Å². The minimum Gasteiger partial charge on any atom is -0.363 e. The first-order valence-electron chi connectivity index (χ1n) is 7.52. The second-order valence-corrected chi connectivity index (χ2v) is 5.63. The highest BCUT2D eigenvalue weighted by molar-refractivity contribution is 5.84. The van der Waals surface area contributed by atoms with E-state index in [1.54, 1.807) is 6.33 Å². The molecule has 4 rings (SSSR count). The number of nitrogens with zero attached hydrogens (tertiary/aromatic N) is 4. The smallest absolute Gasteiger partial charge is 0.225 e. The number of benzene rings is 1. The summed E-state index contributed by atoms with van der Waals surface area (Å²) in [7, 11) is 0. The Morgan fingerprint density at radius 3 is 2.96 bits per heavy atom. The number of imidazole rings is 1. The molecule has 0 unspecified atom stereocenters. The number of nitrogens with one attached hydrogen (secondary N) is 2. The molecule has 1 saturated heterocycles. The van der Waals surface area contributed by atoms with Crippen LogP contribution in [0, 0.1) is 0 Å². The first-order chi connectivity index (χ1) is 11.3. The van der Waals surface area contributed by atoms with Crippen molar-refractivity contribution in [2.45, 2.75) is 19.0 Å². The summed E-state index contributed by atoms with van der Waals surface area (Å²) in [6.45, 7) is 1.30. The van der Waals surface area contributed by atoms with Crippen LogP contribution in [0.25, 0.3) is 11.2 Å². The van der Waals surface area contributed by atoms with Gasteiger partial charge in [-0.2, -0.15) is 0 Å². The van der Waals surface area contributed by atoms with Gasteiger partial charge in [-0.15, -0.1) is 0 Å². The van der Waals surface area contributed by atoms with Crippen LogP contribution in [0.1, 0.15) is 12.0 Å². The van der Waals surface area contributed by atoms with Gasteiger partial charge in [0.1, 0.15) is 11.8 Å². The van der Waals surface area contributed by atoms with Crippen LogP contribution in [-0.2, 0) is 11.3 Å². The Labute approximate surface area is 132 Å². The van der Waals surface area contributed by atoms with Gasteiger partial charge in [0.25, 0.3) is 0 Å². The Hall–Kier alpha value is -2.96. The molecule has 1 amide bonds. The number of carbonyl (C=O) groups excluding carboxylic acids is 1. The SMILES string of the molecule is O=C1C[C@H](Nc2ncnc3nc[nH]c23)CN1Cc1ccccc1. The van der Waals surface area contributed by atoms with Gasteiger partial charge in [0.05, 0.1) is 12.4 Å². The van der Waals surface area contributed by atoms with Crippen molar-refractivity contribution < 1.29 is 4.79 Å². The molecule has 1 fully saturated rings. The Kier molecular flexibility index (Phi) is 3.38. The van der Waals surface area contributed by atoms with Crippen molar-refractivity contribution in [3.8, 4) is 0 Å². The predicted octanol–water partition coefficient (Wildman–Crippen LogP) is 1.57. The quantitative estimate of drug-likeness (QED) is 0.764. The number of anilines is 1. The molecule has 2 N–H and O–H groups in total. The van der Waals surface area contributed by atoms with Gasteiger partial charge >= 0.3 is 0 Å². The van der Waals surface area contributed by atoms with E-state index in [1.807, 2.05) is 35.2 Å². The van der Waals surface area contributed by atoms with E-state index in [4.69, 9.17) is 0 Å². The maximum absolute atomic E-state index is 12.2.